The maximum Gasteiger partial charge on any atom is 0.0629 e. The van der Waals surface area contributed by atoms with Crippen LogP contribution in [0.5, 0.6) is 0 Å². The van der Waals surface area contributed by atoms with Gasteiger partial charge in [-0.05, 0) is 58.1 Å². The predicted octanol–water partition coefficient (Wildman–Crippen LogP) is 3.01. The Bertz CT molecular complexity index is 402. The molecule has 1 aliphatic rings. The van der Waals surface area contributed by atoms with Crippen LogP contribution in [-0.4, -0.2) is 22.4 Å². The van der Waals surface area contributed by atoms with Crippen LogP contribution >= 0.6 is 0 Å². The summed E-state index contributed by atoms with van der Waals surface area (Å²) in [6, 6.07) is 1.14. The van der Waals surface area contributed by atoms with E-state index in [4.69, 9.17) is 5.10 Å². The molecular weight excluding hydrogens is 222 g/mol. The van der Waals surface area contributed by atoms with Crippen molar-refractivity contribution in [3.63, 3.8) is 0 Å². The second kappa shape index (κ2) is 5.43. The Morgan fingerprint density at radius 2 is 1.94 bits per heavy atom. The standard InChI is InChI=1S/C15H27N3/c1-10(2)16-9-8-15-11(3)17-18(13(15)5)12(4)14-6-7-14/h10,12,14,16H,6-9H2,1-5H3. The fourth-order valence-corrected chi connectivity index (χ4v) is 2.72. The molecule has 1 unspecified atom stereocenters. The molecule has 3 nitrogen and oxygen atoms in total. The SMILES string of the molecule is Cc1nn(C(C)C2CC2)c(C)c1CCNC(C)C. The fourth-order valence-electron chi connectivity index (χ4n) is 2.72. The average molecular weight is 249 g/mol. The van der Waals surface area contributed by atoms with Crippen LogP contribution in [-0.2, 0) is 6.42 Å². The van der Waals surface area contributed by atoms with Crippen molar-refractivity contribution < 1.29 is 0 Å². The maximum absolute atomic E-state index is 4.76. The minimum atomic E-state index is 0.561. The zero-order chi connectivity index (χ0) is 13.3. The number of rotatable bonds is 6. The van der Waals surface area contributed by atoms with Crippen LogP contribution in [0.25, 0.3) is 0 Å². The van der Waals surface area contributed by atoms with Crippen LogP contribution in [0, 0.1) is 19.8 Å². The second-order valence-electron chi connectivity index (χ2n) is 6.03. The van der Waals surface area contributed by atoms with Crippen molar-refractivity contribution in [3.05, 3.63) is 17.0 Å². The number of nitrogens with one attached hydrogen (secondary N) is 1. The summed E-state index contributed by atoms with van der Waals surface area (Å²) in [7, 11) is 0. The van der Waals surface area contributed by atoms with Crippen LogP contribution in [0.15, 0.2) is 0 Å². The van der Waals surface area contributed by atoms with Crippen LogP contribution in [0.1, 0.15) is 56.6 Å². The lowest BCUT2D eigenvalue weighted by Gasteiger charge is -2.13. The van der Waals surface area contributed by atoms with Gasteiger partial charge < -0.3 is 5.32 Å². The van der Waals surface area contributed by atoms with Crippen molar-refractivity contribution in [1.29, 1.82) is 0 Å². The average Bonchev–Trinajstić information content (AvgIpc) is 3.09. The summed E-state index contributed by atoms with van der Waals surface area (Å²) in [5.41, 5.74) is 4.03. The summed E-state index contributed by atoms with van der Waals surface area (Å²) < 4.78 is 2.26. The highest BCUT2D eigenvalue weighted by Gasteiger charge is 2.31. The number of nitrogens with zero attached hydrogens (tertiary/aromatic N) is 2. The number of aryl methyl sites for hydroxylation is 1. The monoisotopic (exact) mass is 249 g/mol. The minimum Gasteiger partial charge on any atom is -0.314 e. The van der Waals surface area contributed by atoms with Gasteiger partial charge in [0, 0.05) is 11.7 Å². The first-order valence-corrected chi connectivity index (χ1v) is 7.28. The maximum atomic E-state index is 4.76. The molecule has 0 bridgehead atoms. The molecular formula is C15H27N3. The number of hydrogen-bond acceptors (Lipinski definition) is 2. The first-order chi connectivity index (χ1) is 8.50. The lowest BCUT2D eigenvalue weighted by atomic mass is 10.1. The van der Waals surface area contributed by atoms with Crippen LogP contribution < -0.4 is 5.32 Å². The third-order valence-electron chi connectivity index (χ3n) is 4.09. The molecule has 0 saturated heterocycles. The van der Waals surface area contributed by atoms with Gasteiger partial charge in [-0.1, -0.05) is 13.8 Å². The van der Waals surface area contributed by atoms with Crippen molar-refractivity contribution in [2.45, 2.75) is 66.0 Å². The van der Waals surface area contributed by atoms with E-state index in [2.05, 4.69) is 44.6 Å². The highest BCUT2D eigenvalue weighted by molar-refractivity contribution is 5.25. The largest absolute Gasteiger partial charge is 0.314 e. The van der Waals surface area contributed by atoms with Gasteiger partial charge in [0.1, 0.15) is 0 Å². The molecule has 0 spiro atoms. The number of hydrogen-bond donors (Lipinski definition) is 1. The van der Waals surface area contributed by atoms with E-state index in [1.807, 2.05) is 0 Å². The summed E-state index contributed by atoms with van der Waals surface area (Å²) in [4.78, 5) is 0. The van der Waals surface area contributed by atoms with E-state index in [-0.39, 0.29) is 0 Å². The fraction of sp³-hybridized carbons (Fsp3) is 0.800. The van der Waals surface area contributed by atoms with Gasteiger partial charge in [-0.2, -0.15) is 5.10 Å². The minimum absolute atomic E-state index is 0.561. The van der Waals surface area contributed by atoms with Gasteiger partial charge in [0.05, 0.1) is 11.7 Å². The van der Waals surface area contributed by atoms with Crippen molar-refractivity contribution in [1.82, 2.24) is 15.1 Å². The molecule has 0 radical (unpaired) electrons. The van der Waals surface area contributed by atoms with Crippen molar-refractivity contribution in [3.8, 4) is 0 Å². The molecule has 102 valence electrons. The van der Waals surface area contributed by atoms with Gasteiger partial charge in [-0.25, -0.2) is 0 Å². The first kappa shape index (κ1) is 13.6. The molecule has 1 aromatic heterocycles. The van der Waals surface area contributed by atoms with Crippen LogP contribution in [0.3, 0.4) is 0 Å². The van der Waals surface area contributed by atoms with Gasteiger partial charge in [-0.15, -0.1) is 0 Å². The Labute approximate surface area is 111 Å². The van der Waals surface area contributed by atoms with E-state index >= 15 is 0 Å². The molecule has 3 heteroatoms. The Kier molecular flexibility index (Phi) is 4.10. The van der Waals surface area contributed by atoms with Gasteiger partial charge >= 0.3 is 0 Å². The van der Waals surface area contributed by atoms with Crippen molar-refractivity contribution in [2.75, 3.05) is 6.54 Å². The molecule has 18 heavy (non-hydrogen) atoms. The Morgan fingerprint density at radius 1 is 1.28 bits per heavy atom. The van der Waals surface area contributed by atoms with E-state index in [9.17, 15) is 0 Å². The normalized spacial score (nSPS) is 17.4. The summed E-state index contributed by atoms with van der Waals surface area (Å²) in [5.74, 6) is 0.865. The summed E-state index contributed by atoms with van der Waals surface area (Å²) in [6.45, 7) is 12.1. The molecule has 1 aliphatic carbocycles. The molecule has 1 aromatic rings. The highest BCUT2D eigenvalue weighted by atomic mass is 15.3. The zero-order valence-corrected chi connectivity index (χ0v) is 12.5. The molecule has 0 aliphatic heterocycles. The lowest BCUT2D eigenvalue weighted by Crippen LogP contribution is -2.25. The molecule has 1 atom stereocenters. The van der Waals surface area contributed by atoms with Crippen LogP contribution in [0.2, 0.25) is 0 Å². The summed E-state index contributed by atoms with van der Waals surface area (Å²) in [5, 5.41) is 8.24. The lowest BCUT2D eigenvalue weighted by molar-refractivity contribution is 0.429. The van der Waals surface area contributed by atoms with Crippen molar-refractivity contribution in [2.24, 2.45) is 5.92 Å². The van der Waals surface area contributed by atoms with Gasteiger partial charge in [-0.3, -0.25) is 4.68 Å². The third kappa shape index (κ3) is 2.94. The predicted molar refractivity (Wildman–Crippen MR) is 76.0 cm³/mol. The van der Waals surface area contributed by atoms with Crippen molar-refractivity contribution >= 4 is 0 Å². The van der Waals surface area contributed by atoms with E-state index in [0.29, 0.717) is 12.1 Å². The summed E-state index contributed by atoms with van der Waals surface area (Å²) >= 11 is 0. The quantitative estimate of drug-likeness (QED) is 0.840. The molecule has 0 amide bonds. The molecule has 0 aromatic carbocycles. The molecule has 1 fully saturated rings. The number of aromatic nitrogens is 2. The topological polar surface area (TPSA) is 29.9 Å². The van der Waals surface area contributed by atoms with Crippen LogP contribution in [0.4, 0.5) is 0 Å². The van der Waals surface area contributed by atoms with E-state index in [1.165, 1.54) is 29.8 Å². The Morgan fingerprint density at radius 3 is 2.50 bits per heavy atom. The molecule has 1 N–H and O–H groups in total. The van der Waals surface area contributed by atoms with E-state index in [0.717, 1.165) is 18.9 Å². The second-order valence-corrected chi connectivity index (χ2v) is 6.03. The Balaban J connectivity index is 2.05. The zero-order valence-electron chi connectivity index (χ0n) is 12.5. The van der Waals surface area contributed by atoms with E-state index < -0.39 is 0 Å². The van der Waals surface area contributed by atoms with E-state index in [1.54, 1.807) is 0 Å². The molecule has 1 heterocycles. The molecule has 2 rings (SSSR count). The van der Waals surface area contributed by atoms with Gasteiger partial charge in [0.15, 0.2) is 0 Å². The Hall–Kier alpha value is -0.830. The molecule has 1 saturated carbocycles. The smallest absolute Gasteiger partial charge is 0.0629 e. The highest BCUT2D eigenvalue weighted by Crippen LogP contribution is 2.40. The van der Waals surface area contributed by atoms with Gasteiger partial charge in [0.25, 0.3) is 0 Å². The summed E-state index contributed by atoms with van der Waals surface area (Å²) in [6.07, 6.45) is 3.85. The third-order valence-corrected chi connectivity index (χ3v) is 4.09. The van der Waals surface area contributed by atoms with Gasteiger partial charge in [0.2, 0.25) is 0 Å². The first-order valence-electron chi connectivity index (χ1n) is 7.28.